The Labute approximate surface area is 75.6 Å². The molecule has 0 aliphatic carbocycles. The highest BCUT2D eigenvalue weighted by atomic mass is 16.3. The van der Waals surface area contributed by atoms with Crippen molar-refractivity contribution in [3.05, 3.63) is 0 Å². The zero-order valence-corrected chi connectivity index (χ0v) is 8.13. The molecule has 72 valence electrons. The molecular weight excluding hydrogens is 150 g/mol. The third-order valence-electron chi connectivity index (χ3n) is 2.62. The topological polar surface area (TPSA) is 23.5 Å². The zero-order valence-electron chi connectivity index (χ0n) is 8.13. The van der Waals surface area contributed by atoms with Crippen LogP contribution in [0.15, 0.2) is 0 Å². The summed E-state index contributed by atoms with van der Waals surface area (Å²) in [6.07, 6.45) is 5.40. The molecule has 0 spiro atoms. The summed E-state index contributed by atoms with van der Waals surface area (Å²) in [5.74, 6) is 0.580. The van der Waals surface area contributed by atoms with Crippen LogP contribution in [0.4, 0.5) is 0 Å². The normalized spacial score (nSPS) is 19.5. The van der Waals surface area contributed by atoms with E-state index in [9.17, 15) is 0 Å². The third-order valence-corrected chi connectivity index (χ3v) is 2.62. The SMILES string of the molecule is CCCCCCN1CC(CO)C1. The molecule has 2 heteroatoms. The molecule has 0 amide bonds. The Morgan fingerprint density at radius 2 is 2.00 bits per heavy atom. The van der Waals surface area contributed by atoms with E-state index in [0.29, 0.717) is 12.5 Å². The summed E-state index contributed by atoms with van der Waals surface area (Å²) in [4.78, 5) is 2.44. The van der Waals surface area contributed by atoms with Gasteiger partial charge in [0.05, 0.1) is 0 Å². The van der Waals surface area contributed by atoms with Crippen molar-refractivity contribution in [2.45, 2.75) is 32.6 Å². The van der Waals surface area contributed by atoms with Gasteiger partial charge in [0.15, 0.2) is 0 Å². The first kappa shape index (κ1) is 10.0. The van der Waals surface area contributed by atoms with Crippen molar-refractivity contribution in [2.75, 3.05) is 26.2 Å². The van der Waals surface area contributed by atoms with Gasteiger partial charge in [0.2, 0.25) is 0 Å². The molecule has 2 nitrogen and oxygen atoms in total. The Bertz CT molecular complexity index is 110. The van der Waals surface area contributed by atoms with Crippen molar-refractivity contribution < 1.29 is 5.11 Å². The molecule has 0 aromatic carbocycles. The van der Waals surface area contributed by atoms with Gasteiger partial charge in [0.25, 0.3) is 0 Å². The maximum absolute atomic E-state index is 8.79. The Morgan fingerprint density at radius 3 is 2.58 bits per heavy atom. The maximum Gasteiger partial charge on any atom is 0.0483 e. The smallest absolute Gasteiger partial charge is 0.0483 e. The van der Waals surface area contributed by atoms with Crippen molar-refractivity contribution in [3.63, 3.8) is 0 Å². The van der Waals surface area contributed by atoms with Crippen LogP contribution in [0.3, 0.4) is 0 Å². The molecule has 0 bridgehead atoms. The molecule has 1 saturated heterocycles. The minimum atomic E-state index is 0.380. The number of hydrogen-bond donors (Lipinski definition) is 1. The van der Waals surface area contributed by atoms with Crippen LogP contribution in [0, 0.1) is 5.92 Å². The summed E-state index contributed by atoms with van der Waals surface area (Å²) >= 11 is 0. The first-order valence-electron chi connectivity index (χ1n) is 5.20. The molecule has 1 fully saturated rings. The molecule has 0 saturated carbocycles. The predicted molar refractivity (Wildman–Crippen MR) is 51.2 cm³/mol. The number of aliphatic hydroxyl groups is 1. The van der Waals surface area contributed by atoms with Gasteiger partial charge in [-0.1, -0.05) is 26.2 Å². The van der Waals surface area contributed by atoms with E-state index in [1.165, 1.54) is 32.2 Å². The monoisotopic (exact) mass is 171 g/mol. The number of rotatable bonds is 6. The van der Waals surface area contributed by atoms with Crippen LogP contribution in [0.2, 0.25) is 0 Å². The fourth-order valence-corrected chi connectivity index (χ4v) is 1.74. The average Bonchev–Trinajstić information content (AvgIpc) is 2.01. The van der Waals surface area contributed by atoms with Crippen LogP contribution in [0.1, 0.15) is 32.6 Å². The lowest BCUT2D eigenvalue weighted by Crippen LogP contribution is -2.48. The van der Waals surface area contributed by atoms with Gasteiger partial charge >= 0.3 is 0 Å². The first-order valence-corrected chi connectivity index (χ1v) is 5.20. The second-order valence-electron chi connectivity index (χ2n) is 3.87. The van der Waals surface area contributed by atoms with Crippen LogP contribution in [-0.4, -0.2) is 36.2 Å². The highest BCUT2D eigenvalue weighted by molar-refractivity contribution is 4.78. The fraction of sp³-hybridized carbons (Fsp3) is 1.00. The number of aliphatic hydroxyl groups excluding tert-OH is 1. The number of hydrogen-bond acceptors (Lipinski definition) is 2. The van der Waals surface area contributed by atoms with E-state index in [0.717, 1.165) is 13.1 Å². The van der Waals surface area contributed by atoms with Gasteiger partial charge in [-0.15, -0.1) is 0 Å². The third kappa shape index (κ3) is 3.11. The van der Waals surface area contributed by atoms with Gasteiger partial charge < -0.3 is 10.0 Å². The Kier molecular flexibility index (Phi) is 4.62. The van der Waals surface area contributed by atoms with Gasteiger partial charge in [0, 0.05) is 25.6 Å². The van der Waals surface area contributed by atoms with E-state index >= 15 is 0 Å². The molecular formula is C10H21NO. The van der Waals surface area contributed by atoms with Crippen molar-refractivity contribution >= 4 is 0 Å². The Morgan fingerprint density at radius 1 is 1.25 bits per heavy atom. The average molecular weight is 171 g/mol. The molecule has 0 aromatic rings. The van der Waals surface area contributed by atoms with Crippen LogP contribution >= 0.6 is 0 Å². The Hall–Kier alpha value is -0.0800. The largest absolute Gasteiger partial charge is 0.396 e. The molecule has 1 rings (SSSR count). The molecule has 1 aliphatic rings. The second kappa shape index (κ2) is 5.55. The van der Waals surface area contributed by atoms with Crippen LogP contribution < -0.4 is 0 Å². The van der Waals surface area contributed by atoms with Gasteiger partial charge in [-0.3, -0.25) is 0 Å². The van der Waals surface area contributed by atoms with Crippen molar-refractivity contribution in [1.82, 2.24) is 4.90 Å². The highest BCUT2D eigenvalue weighted by Crippen LogP contribution is 2.15. The molecule has 0 unspecified atom stereocenters. The lowest BCUT2D eigenvalue weighted by Gasteiger charge is -2.38. The lowest BCUT2D eigenvalue weighted by molar-refractivity contribution is 0.0527. The van der Waals surface area contributed by atoms with Gasteiger partial charge in [-0.05, 0) is 13.0 Å². The second-order valence-corrected chi connectivity index (χ2v) is 3.87. The summed E-state index contributed by atoms with van der Waals surface area (Å²) in [6.45, 7) is 6.12. The fourth-order valence-electron chi connectivity index (χ4n) is 1.74. The van der Waals surface area contributed by atoms with Gasteiger partial charge in [0.1, 0.15) is 0 Å². The lowest BCUT2D eigenvalue weighted by atomic mass is 10.0. The van der Waals surface area contributed by atoms with E-state index in [2.05, 4.69) is 11.8 Å². The predicted octanol–water partition coefficient (Wildman–Crippen LogP) is 1.49. The van der Waals surface area contributed by atoms with E-state index in [1.807, 2.05) is 0 Å². The standard InChI is InChI=1S/C10H21NO/c1-2-3-4-5-6-11-7-10(8-11)9-12/h10,12H,2-9H2,1H3. The highest BCUT2D eigenvalue weighted by Gasteiger charge is 2.24. The first-order chi connectivity index (χ1) is 5.86. The van der Waals surface area contributed by atoms with Crippen molar-refractivity contribution in [1.29, 1.82) is 0 Å². The molecule has 0 radical (unpaired) electrons. The van der Waals surface area contributed by atoms with E-state index in [4.69, 9.17) is 5.11 Å². The minimum absolute atomic E-state index is 0.380. The number of likely N-dealkylation sites (tertiary alicyclic amines) is 1. The van der Waals surface area contributed by atoms with Crippen LogP contribution in [-0.2, 0) is 0 Å². The summed E-state index contributed by atoms with van der Waals surface area (Å²) in [7, 11) is 0. The zero-order chi connectivity index (χ0) is 8.81. The maximum atomic E-state index is 8.79. The molecule has 12 heavy (non-hydrogen) atoms. The quantitative estimate of drug-likeness (QED) is 0.612. The molecule has 0 atom stereocenters. The Balaban J connectivity index is 1.83. The minimum Gasteiger partial charge on any atom is -0.396 e. The van der Waals surface area contributed by atoms with Crippen molar-refractivity contribution in [3.8, 4) is 0 Å². The van der Waals surface area contributed by atoms with Gasteiger partial charge in [-0.2, -0.15) is 0 Å². The number of unbranched alkanes of at least 4 members (excludes halogenated alkanes) is 3. The number of nitrogens with zero attached hydrogens (tertiary/aromatic N) is 1. The molecule has 1 aliphatic heterocycles. The molecule has 0 aromatic heterocycles. The van der Waals surface area contributed by atoms with E-state index in [-0.39, 0.29) is 0 Å². The van der Waals surface area contributed by atoms with Gasteiger partial charge in [-0.25, -0.2) is 0 Å². The summed E-state index contributed by atoms with van der Waals surface area (Å²) < 4.78 is 0. The van der Waals surface area contributed by atoms with E-state index in [1.54, 1.807) is 0 Å². The summed E-state index contributed by atoms with van der Waals surface area (Å²) in [5, 5.41) is 8.79. The summed E-state index contributed by atoms with van der Waals surface area (Å²) in [5.41, 5.74) is 0. The van der Waals surface area contributed by atoms with Crippen LogP contribution in [0.5, 0.6) is 0 Å². The molecule has 1 heterocycles. The van der Waals surface area contributed by atoms with E-state index < -0.39 is 0 Å². The van der Waals surface area contributed by atoms with Crippen molar-refractivity contribution in [2.24, 2.45) is 5.92 Å². The van der Waals surface area contributed by atoms with Crippen LogP contribution in [0.25, 0.3) is 0 Å². The summed E-state index contributed by atoms with van der Waals surface area (Å²) in [6, 6.07) is 0. The molecule has 1 N–H and O–H groups in total.